The number of amides is 4. The lowest BCUT2D eigenvalue weighted by Crippen LogP contribution is -2.61. The summed E-state index contributed by atoms with van der Waals surface area (Å²) in [6.45, 7) is 2.26. The van der Waals surface area contributed by atoms with E-state index in [0.29, 0.717) is 25.3 Å². The zero-order chi connectivity index (χ0) is 17.5. The number of nitrogens with zero attached hydrogens (tertiary/aromatic N) is 2. The molecule has 1 aromatic carbocycles. The van der Waals surface area contributed by atoms with Gasteiger partial charge in [0, 0.05) is 19.6 Å². The molecule has 1 atom stereocenters. The second-order valence-electron chi connectivity index (χ2n) is 5.28. The molecule has 1 unspecified atom stereocenters. The Hall–Kier alpha value is -2.74. The summed E-state index contributed by atoms with van der Waals surface area (Å²) in [5, 5.41) is 5.37. The Morgan fingerprint density at radius 2 is 2.04 bits per heavy atom. The normalized spacial score (nSPS) is 17.0. The predicted octanol–water partition coefficient (Wildman–Crippen LogP) is 0.295. The van der Waals surface area contributed by atoms with Crippen LogP contribution >= 0.6 is 0 Å². The average molecular weight is 331 g/mol. The molecule has 1 heterocycles. The molecule has 1 radical (unpaired) electrons. The molecule has 127 valence electrons. The molecular weight excluding hydrogens is 312 g/mol. The lowest BCUT2D eigenvalue weighted by atomic mass is 10.1. The lowest BCUT2D eigenvalue weighted by molar-refractivity contribution is -0.121. The van der Waals surface area contributed by atoms with Crippen LogP contribution in [0.15, 0.2) is 30.3 Å². The van der Waals surface area contributed by atoms with E-state index in [9.17, 15) is 19.2 Å². The molecule has 1 saturated heterocycles. The number of para-hydroxylation sites is 1. The van der Waals surface area contributed by atoms with Crippen LogP contribution in [0.1, 0.15) is 6.92 Å². The van der Waals surface area contributed by atoms with E-state index in [-0.39, 0.29) is 12.3 Å². The van der Waals surface area contributed by atoms with Gasteiger partial charge in [-0.25, -0.2) is 14.5 Å². The van der Waals surface area contributed by atoms with Gasteiger partial charge in [-0.05, 0) is 19.1 Å². The maximum absolute atomic E-state index is 12.9. The molecule has 1 fully saturated rings. The fourth-order valence-electron chi connectivity index (χ4n) is 2.51. The van der Waals surface area contributed by atoms with Crippen molar-refractivity contribution in [2.75, 3.05) is 31.1 Å². The van der Waals surface area contributed by atoms with Gasteiger partial charge in [-0.15, -0.1) is 0 Å². The van der Waals surface area contributed by atoms with Gasteiger partial charge in [-0.3, -0.25) is 9.59 Å². The van der Waals surface area contributed by atoms with E-state index in [2.05, 4.69) is 10.6 Å². The second-order valence-corrected chi connectivity index (χ2v) is 5.28. The van der Waals surface area contributed by atoms with Crippen LogP contribution in [0.2, 0.25) is 0 Å². The Labute approximate surface area is 139 Å². The number of benzene rings is 1. The first kappa shape index (κ1) is 17.6. The maximum atomic E-state index is 12.9. The van der Waals surface area contributed by atoms with E-state index in [1.807, 2.05) is 0 Å². The van der Waals surface area contributed by atoms with Gasteiger partial charge in [0.2, 0.25) is 6.29 Å². The number of carbonyl (C=O) groups is 3. The Morgan fingerprint density at radius 1 is 1.33 bits per heavy atom. The van der Waals surface area contributed by atoms with Crippen molar-refractivity contribution in [1.29, 1.82) is 0 Å². The van der Waals surface area contributed by atoms with Gasteiger partial charge in [0.1, 0.15) is 6.04 Å². The first-order valence-corrected chi connectivity index (χ1v) is 7.56. The van der Waals surface area contributed by atoms with Gasteiger partial charge in [0.05, 0.1) is 12.2 Å². The zero-order valence-electron chi connectivity index (χ0n) is 13.3. The van der Waals surface area contributed by atoms with Crippen LogP contribution < -0.4 is 15.5 Å². The number of piperazine rings is 1. The first-order chi connectivity index (χ1) is 11.6. The fourth-order valence-corrected chi connectivity index (χ4v) is 2.51. The number of rotatable bonds is 4. The lowest BCUT2D eigenvalue weighted by Gasteiger charge is -2.37. The molecule has 1 aliphatic rings. The number of ketones is 1. The average Bonchev–Trinajstić information content (AvgIpc) is 2.61. The summed E-state index contributed by atoms with van der Waals surface area (Å²) in [6, 6.07) is 6.36. The van der Waals surface area contributed by atoms with Crippen molar-refractivity contribution >= 4 is 29.8 Å². The molecule has 2 rings (SSSR count). The smallest absolute Gasteiger partial charge is 0.330 e. The number of urea groups is 2. The molecule has 1 aliphatic heterocycles. The monoisotopic (exact) mass is 331 g/mol. The molecule has 0 spiro atoms. The Bertz CT molecular complexity index is 620. The molecule has 24 heavy (non-hydrogen) atoms. The zero-order valence-corrected chi connectivity index (χ0v) is 13.3. The molecule has 0 bridgehead atoms. The van der Waals surface area contributed by atoms with Crippen LogP contribution in [0.4, 0.5) is 15.3 Å². The molecule has 4 amide bonds. The summed E-state index contributed by atoms with van der Waals surface area (Å²) in [5.74, 6) is -0.162. The van der Waals surface area contributed by atoms with Gasteiger partial charge >= 0.3 is 12.1 Å². The third kappa shape index (κ3) is 3.96. The highest BCUT2D eigenvalue weighted by Crippen LogP contribution is 2.18. The van der Waals surface area contributed by atoms with Crippen LogP contribution in [0.25, 0.3) is 0 Å². The van der Waals surface area contributed by atoms with Crippen LogP contribution in [0.5, 0.6) is 0 Å². The van der Waals surface area contributed by atoms with Crippen molar-refractivity contribution in [1.82, 2.24) is 15.5 Å². The van der Waals surface area contributed by atoms with E-state index in [1.54, 1.807) is 36.6 Å². The highest BCUT2D eigenvalue weighted by atomic mass is 16.2. The number of carbonyl (C=O) groups excluding carboxylic acids is 4. The number of anilines is 1. The molecular formula is C16H19N4O4. The van der Waals surface area contributed by atoms with Crippen molar-refractivity contribution < 1.29 is 19.2 Å². The standard InChI is InChI=1S/C16H19N4O4/c1-12(22)14-11-17-7-9-19(14)16(24)20(15(23)18-8-10-21)13-5-3-2-4-6-13/h2-6,14,17H,7-9,11H2,1H3,(H,18,23). The third-order valence-electron chi connectivity index (χ3n) is 3.68. The predicted molar refractivity (Wildman–Crippen MR) is 87.5 cm³/mol. The Morgan fingerprint density at radius 3 is 2.67 bits per heavy atom. The molecule has 0 aromatic heterocycles. The minimum atomic E-state index is -0.740. The van der Waals surface area contributed by atoms with E-state index in [4.69, 9.17) is 0 Å². The third-order valence-corrected chi connectivity index (χ3v) is 3.68. The largest absolute Gasteiger partial charge is 0.333 e. The summed E-state index contributed by atoms with van der Waals surface area (Å²) in [4.78, 5) is 49.8. The van der Waals surface area contributed by atoms with Crippen molar-refractivity contribution in [2.24, 2.45) is 0 Å². The molecule has 8 heteroatoms. The van der Waals surface area contributed by atoms with Gasteiger partial charge in [-0.1, -0.05) is 18.2 Å². The number of Topliss-reactive ketones (excluding diaryl/α,β-unsaturated/α-hetero) is 1. The van der Waals surface area contributed by atoms with Crippen LogP contribution in [0.3, 0.4) is 0 Å². The highest BCUT2D eigenvalue weighted by molar-refractivity contribution is 6.14. The van der Waals surface area contributed by atoms with Gasteiger partial charge < -0.3 is 15.5 Å². The first-order valence-electron chi connectivity index (χ1n) is 7.56. The Kier molecular flexibility index (Phi) is 6.02. The second kappa shape index (κ2) is 8.21. The van der Waals surface area contributed by atoms with Crippen LogP contribution in [-0.4, -0.2) is 61.3 Å². The van der Waals surface area contributed by atoms with Crippen LogP contribution in [-0.2, 0) is 9.59 Å². The van der Waals surface area contributed by atoms with Gasteiger partial charge in [0.15, 0.2) is 5.78 Å². The molecule has 0 aliphatic carbocycles. The minimum absolute atomic E-state index is 0.162. The summed E-state index contributed by atoms with van der Waals surface area (Å²) in [6.07, 6.45) is 1.55. The molecule has 1 aromatic rings. The van der Waals surface area contributed by atoms with E-state index < -0.39 is 18.1 Å². The SMILES string of the molecule is CC(=O)C1CNCCN1C(=O)N(C(=O)NC[C]=O)c1ccccc1. The van der Waals surface area contributed by atoms with Crippen molar-refractivity contribution in [2.45, 2.75) is 13.0 Å². The summed E-state index contributed by atoms with van der Waals surface area (Å²) < 4.78 is 0. The highest BCUT2D eigenvalue weighted by Gasteiger charge is 2.35. The van der Waals surface area contributed by atoms with Gasteiger partial charge in [0.25, 0.3) is 0 Å². The number of hydrogen-bond donors (Lipinski definition) is 2. The van der Waals surface area contributed by atoms with Crippen LogP contribution in [0, 0.1) is 0 Å². The van der Waals surface area contributed by atoms with E-state index in [1.165, 1.54) is 11.8 Å². The summed E-state index contributed by atoms with van der Waals surface area (Å²) in [5.41, 5.74) is 0.353. The number of nitrogens with one attached hydrogen (secondary N) is 2. The van der Waals surface area contributed by atoms with Gasteiger partial charge in [-0.2, -0.15) is 0 Å². The summed E-state index contributed by atoms with van der Waals surface area (Å²) in [7, 11) is 0. The topological polar surface area (TPSA) is 98.8 Å². The van der Waals surface area contributed by atoms with Crippen molar-refractivity contribution in [3.8, 4) is 0 Å². The maximum Gasteiger partial charge on any atom is 0.333 e. The Balaban J connectivity index is 2.31. The number of imide groups is 1. The van der Waals surface area contributed by atoms with Crippen molar-refractivity contribution in [3.63, 3.8) is 0 Å². The van der Waals surface area contributed by atoms with Crippen molar-refractivity contribution in [3.05, 3.63) is 30.3 Å². The summed E-state index contributed by atoms with van der Waals surface area (Å²) >= 11 is 0. The van der Waals surface area contributed by atoms with E-state index in [0.717, 1.165) is 4.90 Å². The number of hydrogen-bond acceptors (Lipinski definition) is 5. The molecule has 0 saturated carbocycles. The minimum Gasteiger partial charge on any atom is -0.330 e. The van der Waals surface area contributed by atoms with E-state index >= 15 is 0 Å². The fraction of sp³-hybridized carbons (Fsp3) is 0.375. The molecule has 8 nitrogen and oxygen atoms in total. The molecule has 2 N–H and O–H groups in total. The quantitative estimate of drug-likeness (QED) is 0.826.